The highest BCUT2D eigenvalue weighted by atomic mass is 32.2. The van der Waals surface area contributed by atoms with Crippen LogP contribution in [0.2, 0.25) is 0 Å². The van der Waals surface area contributed by atoms with Gasteiger partial charge in [-0.05, 0) is 18.6 Å². The normalized spacial score (nSPS) is 14.3. The fourth-order valence-electron chi connectivity index (χ4n) is 2.48. The van der Waals surface area contributed by atoms with Crippen molar-refractivity contribution >= 4 is 21.6 Å². The van der Waals surface area contributed by atoms with E-state index in [1.54, 1.807) is 0 Å². The van der Waals surface area contributed by atoms with Crippen LogP contribution in [0.5, 0.6) is 0 Å². The third kappa shape index (κ3) is 3.45. The zero-order valence-electron chi connectivity index (χ0n) is 12.7. The molecule has 1 aliphatic heterocycles. The summed E-state index contributed by atoms with van der Waals surface area (Å²) in [4.78, 5) is 11.3. The van der Waals surface area contributed by atoms with Crippen molar-refractivity contribution in [1.29, 1.82) is 0 Å². The van der Waals surface area contributed by atoms with E-state index in [2.05, 4.69) is 15.1 Å². The number of benzene rings is 1. The lowest BCUT2D eigenvalue weighted by molar-refractivity contribution is 0.0945. The van der Waals surface area contributed by atoms with E-state index in [4.69, 9.17) is 0 Å². The van der Waals surface area contributed by atoms with Crippen molar-refractivity contribution in [2.75, 3.05) is 11.3 Å². The number of nitrogens with one attached hydrogen (secondary N) is 2. The van der Waals surface area contributed by atoms with Crippen LogP contribution < -0.4 is 10.0 Å². The molecule has 0 radical (unpaired) electrons. The molecule has 134 valence electrons. The molecule has 2 aromatic rings. The average molecular weight is 374 g/mol. The Morgan fingerprint density at radius 1 is 1.36 bits per heavy atom. The number of aromatic nitrogens is 2. The highest BCUT2D eigenvalue weighted by Gasteiger charge is 2.25. The molecule has 7 nitrogen and oxygen atoms in total. The van der Waals surface area contributed by atoms with Gasteiger partial charge in [0, 0.05) is 23.9 Å². The van der Waals surface area contributed by atoms with Gasteiger partial charge in [0.1, 0.15) is 11.4 Å². The van der Waals surface area contributed by atoms with Crippen molar-refractivity contribution in [2.24, 2.45) is 0 Å². The minimum atomic E-state index is -4.21. The third-order valence-electron chi connectivity index (χ3n) is 3.64. The number of halogens is 3. The molecular formula is C14H13F3N4O3S. The zero-order chi connectivity index (χ0) is 18.2. The van der Waals surface area contributed by atoms with Crippen LogP contribution in [0.4, 0.5) is 18.9 Å². The van der Waals surface area contributed by atoms with Gasteiger partial charge in [-0.15, -0.1) is 0 Å². The number of hydrogen-bond donors (Lipinski definition) is 2. The predicted octanol–water partition coefficient (Wildman–Crippen LogP) is 1.37. The van der Waals surface area contributed by atoms with Crippen LogP contribution in [0, 0.1) is 5.82 Å². The first-order chi connectivity index (χ1) is 11.8. The Kier molecular flexibility index (Phi) is 4.41. The third-order valence-corrected chi connectivity index (χ3v) is 4.96. The maximum atomic E-state index is 14.5. The Hall–Kier alpha value is -2.56. The number of rotatable bonds is 5. The van der Waals surface area contributed by atoms with Crippen molar-refractivity contribution in [2.45, 2.75) is 24.3 Å². The predicted molar refractivity (Wildman–Crippen MR) is 81.5 cm³/mol. The number of fused-ring (bicyclic) bond motifs is 1. The monoisotopic (exact) mass is 374 g/mol. The molecule has 1 aliphatic rings. The lowest BCUT2D eigenvalue weighted by Crippen LogP contribution is -2.32. The first-order valence-corrected chi connectivity index (χ1v) is 8.69. The van der Waals surface area contributed by atoms with Gasteiger partial charge in [0.15, 0.2) is 5.82 Å². The summed E-state index contributed by atoms with van der Waals surface area (Å²) in [5.41, 5.74) is -0.0520. The molecule has 0 unspecified atom stereocenters. The highest BCUT2D eigenvalue weighted by Crippen LogP contribution is 2.26. The number of carbonyl (C=O) groups is 1. The van der Waals surface area contributed by atoms with Crippen LogP contribution in [-0.4, -0.2) is 37.1 Å². The molecule has 25 heavy (non-hydrogen) atoms. The van der Waals surface area contributed by atoms with Gasteiger partial charge in [-0.25, -0.2) is 21.6 Å². The number of alkyl halides is 2. The summed E-state index contributed by atoms with van der Waals surface area (Å²) in [5.74, 6) is -1.27. The Labute approximate surface area is 140 Å². The second-order valence-corrected chi connectivity index (χ2v) is 7.04. The standard InChI is InChI=1S/C14H13F3N4O3S/c15-12(16)7-21-6-8(5-19-21)25(23,24)20-11-2-1-10-9(13(11)17)3-4-18-14(10)22/h1-2,5-6,12,20H,3-4,7H2,(H,18,22). The first kappa shape index (κ1) is 17.3. The number of sulfonamides is 1. The summed E-state index contributed by atoms with van der Waals surface area (Å²) in [5, 5.41) is 6.10. The summed E-state index contributed by atoms with van der Waals surface area (Å²) in [7, 11) is -4.21. The summed E-state index contributed by atoms with van der Waals surface area (Å²) in [6.07, 6.45) is -0.630. The minimum absolute atomic E-state index is 0.123. The Bertz CT molecular complexity index is 927. The van der Waals surface area contributed by atoms with E-state index in [1.807, 2.05) is 0 Å². The van der Waals surface area contributed by atoms with Gasteiger partial charge in [0.25, 0.3) is 22.4 Å². The van der Waals surface area contributed by atoms with Gasteiger partial charge < -0.3 is 5.32 Å². The molecule has 0 fully saturated rings. The van der Waals surface area contributed by atoms with E-state index in [0.717, 1.165) is 23.1 Å². The number of nitrogens with zero attached hydrogens (tertiary/aromatic N) is 2. The minimum Gasteiger partial charge on any atom is -0.352 e. The number of carbonyl (C=O) groups excluding carboxylic acids is 1. The van der Waals surface area contributed by atoms with Gasteiger partial charge >= 0.3 is 0 Å². The van der Waals surface area contributed by atoms with E-state index >= 15 is 0 Å². The fourth-order valence-corrected chi connectivity index (χ4v) is 3.49. The second kappa shape index (κ2) is 6.39. The molecule has 1 aromatic heterocycles. The number of amides is 1. The second-order valence-electron chi connectivity index (χ2n) is 5.35. The molecule has 1 aromatic carbocycles. The average Bonchev–Trinajstić information content (AvgIpc) is 2.99. The highest BCUT2D eigenvalue weighted by molar-refractivity contribution is 7.92. The van der Waals surface area contributed by atoms with E-state index < -0.39 is 34.7 Å². The SMILES string of the molecule is O=C1NCCc2c1ccc(NS(=O)(=O)c1cnn(CC(F)F)c1)c2F. The van der Waals surface area contributed by atoms with Gasteiger partial charge in [-0.3, -0.25) is 14.2 Å². The summed E-state index contributed by atoms with van der Waals surface area (Å²) in [6.45, 7) is -0.503. The van der Waals surface area contributed by atoms with Crippen molar-refractivity contribution in [3.63, 3.8) is 0 Å². The van der Waals surface area contributed by atoms with Crippen LogP contribution >= 0.6 is 0 Å². The van der Waals surface area contributed by atoms with Gasteiger partial charge in [0.2, 0.25) is 0 Å². The van der Waals surface area contributed by atoms with E-state index in [9.17, 15) is 26.4 Å². The lowest BCUT2D eigenvalue weighted by atomic mass is 9.99. The van der Waals surface area contributed by atoms with Crippen molar-refractivity contribution < 1.29 is 26.4 Å². The lowest BCUT2D eigenvalue weighted by Gasteiger charge is -2.18. The maximum Gasteiger partial charge on any atom is 0.265 e. The quantitative estimate of drug-likeness (QED) is 0.827. The molecule has 1 amide bonds. The van der Waals surface area contributed by atoms with Crippen LogP contribution in [0.15, 0.2) is 29.4 Å². The van der Waals surface area contributed by atoms with E-state index in [-0.39, 0.29) is 34.7 Å². The van der Waals surface area contributed by atoms with Gasteiger partial charge in [-0.1, -0.05) is 0 Å². The Balaban J connectivity index is 1.89. The smallest absolute Gasteiger partial charge is 0.265 e. The number of anilines is 1. The first-order valence-electron chi connectivity index (χ1n) is 7.21. The molecule has 0 bridgehead atoms. The van der Waals surface area contributed by atoms with E-state index in [0.29, 0.717) is 0 Å². The molecule has 0 spiro atoms. The molecule has 0 aliphatic carbocycles. The fraction of sp³-hybridized carbons (Fsp3) is 0.286. The molecule has 2 N–H and O–H groups in total. The number of hydrogen-bond acceptors (Lipinski definition) is 4. The van der Waals surface area contributed by atoms with Gasteiger partial charge in [-0.2, -0.15) is 5.10 Å². The molecular weight excluding hydrogens is 361 g/mol. The van der Waals surface area contributed by atoms with Crippen molar-refractivity contribution in [3.05, 3.63) is 41.5 Å². The van der Waals surface area contributed by atoms with Crippen molar-refractivity contribution in [3.8, 4) is 0 Å². The molecule has 0 atom stereocenters. The molecule has 11 heteroatoms. The maximum absolute atomic E-state index is 14.5. The van der Waals surface area contributed by atoms with Gasteiger partial charge in [0.05, 0.1) is 11.9 Å². The van der Waals surface area contributed by atoms with E-state index in [1.165, 1.54) is 6.07 Å². The Morgan fingerprint density at radius 2 is 2.12 bits per heavy atom. The zero-order valence-corrected chi connectivity index (χ0v) is 13.5. The topological polar surface area (TPSA) is 93.1 Å². The van der Waals surface area contributed by atoms with Crippen LogP contribution in [-0.2, 0) is 23.0 Å². The van der Waals surface area contributed by atoms with Crippen LogP contribution in [0.3, 0.4) is 0 Å². The Morgan fingerprint density at radius 3 is 2.84 bits per heavy atom. The molecule has 0 saturated carbocycles. The molecule has 3 rings (SSSR count). The summed E-state index contributed by atoms with van der Waals surface area (Å²) < 4.78 is 66.6. The largest absolute Gasteiger partial charge is 0.352 e. The molecule has 0 saturated heterocycles. The summed E-state index contributed by atoms with van der Waals surface area (Å²) >= 11 is 0. The molecule has 2 heterocycles. The van der Waals surface area contributed by atoms with Crippen molar-refractivity contribution in [1.82, 2.24) is 15.1 Å². The summed E-state index contributed by atoms with van der Waals surface area (Å²) in [6, 6.07) is 2.46. The van der Waals surface area contributed by atoms with Crippen LogP contribution in [0.1, 0.15) is 15.9 Å². The van der Waals surface area contributed by atoms with Crippen LogP contribution in [0.25, 0.3) is 0 Å².